The van der Waals surface area contributed by atoms with Gasteiger partial charge in [-0.25, -0.2) is 0 Å². The first-order valence-corrected chi connectivity index (χ1v) is 9.43. The van der Waals surface area contributed by atoms with Gasteiger partial charge in [-0.05, 0) is 48.6 Å². The number of phenolic OH excluding ortho intramolecular Hbond substituents is 1. The summed E-state index contributed by atoms with van der Waals surface area (Å²) in [7, 11) is 1.54. The highest BCUT2D eigenvalue weighted by Crippen LogP contribution is 2.32. The second-order valence-corrected chi connectivity index (χ2v) is 7.49. The molecule has 3 aliphatic heterocycles. The Morgan fingerprint density at radius 3 is 2.74 bits per heavy atom. The summed E-state index contributed by atoms with van der Waals surface area (Å²) in [4.78, 5) is 21.6. The van der Waals surface area contributed by atoms with Gasteiger partial charge in [-0.1, -0.05) is 0 Å². The van der Waals surface area contributed by atoms with Crippen molar-refractivity contribution < 1.29 is 14.6 Å². The molecule has 0 saturated carbocycles. The largest absolute Gasteiger partial charge is 0.507 e. The zero-order chi connectivity index (χ0) is 18.8. The summed E-state index contributed by atoms with van der Waals surface area (Å²) in [6.07, 6.45) is 5.81. The van der Waals surface area contributed by atoms with Crippen LogP contribution in [0.3, 0.4) is 0 Å². The molecule has 0 radical (unpaired) electrons. The highest BCUT2D eigenvalue weighted by molar-refractivity contribution is 5.97. The van der Waals surface area contributed by atoms with Gasteiger partial charge in [0.25, 0.3) is 5.91 Å². The summed E-state index contributed by atoms with van der Waals surface area (Å²) in [5.41, 5.74) is 1.60. The maximum absolute atomic E-state index is 13.1. The monoisotopic (exact) mass is 367 g/mol. The molecule has 0 spiro atoms. The molecule has 27 heavy (non-hydrogen) atoms. The molecule has 0 aliphatic carbocycles. The average molecular weight is 367 g/mol. The summed E-state index contributed by atoms with van der Waals surface area (Å²) in [5, 5.41) is 10.3. The van der Waals surface area contributed by atoms with Crippen molar-refractivity contribution in [1.82, 2.24) is 14.8 Å². The van der Waals surface area contributed by atoms with Crippen molar-refractivity contribution in [2.75, 3.05) is 26.7 Å². The Kier molecular flexibility index (Phi) is 4.99. The van der Waals surface area contributed by atoms with E-state index in [9.17, 15) is 9.90 Å². The number of benzene rings is 1. The molecule has 1 aromatic carbocycles. The molecule has 6 nitrogen and oxygen atoms in total. The molecule has 5 rings (SSSR count). The molecule has 3 aliphatic rings. The number of aromatic nitrogens is 1. The summed E-state index contributed by atoms with van der Waals surface area (Å²) >= 11 is 0. The fourth-order valence-corrected chi connectivity index (χ4v) is 4.28. The normalized spacial score (nSPS) is 22.5. The molecular formula is C21H25N3O3. The first-order chi connectivity index (χ1) is 13.1. The minimum atomic E-state index is -0.0874. The smallest absolute Gasteiger partial charge is 0.257 e. The molecule has 142 valence electrons. The minimum absolute atomic E-state index is 0.0203. The Hall–Kier alpha value is -2.60. The van der Waals surface area contributed by atoms with Gasteiger partial charge in [-0.3, -0.25) is 14.7 Å². The minimum Gasteiger partial charge on any atom is -0.507 e. The number of carbonyl (C=O) groups excluding carboxylic acids is 1. The van der Waals surface area contributed by atoms with E-state index in [0.717, 1.165) is 39.0 Å². The van der Waals surface area contributed by atoms with Crippen LogP contribution in [-0.2, 0) is 6.54 Å². The number of hydrogen-bond donors (Lipinski definition) is 1. The van der Waals surface area contributed by atoms with Gasteiger partial charge < -0.3 is 14.7 Å². The molecule has 2 bridgehead atoms. The lowest BCUT2D eigenvalue weighted by Crippen LogP contribution is -2.47. The number of pyridine rings is 1. The molecule has 6 heteroatoms. The van der Waals surface area contributed by atoms with E-state index < -0.39 is 0 Å². The number of rotatable bonds is 4. The van der Waals surface area contributed by atoms with Crippen LogP contribution in [0.5, 0.6) is 11.5 Å². The third kappa shape index (κ3) is 3.76. The Balaban J connectivity index is 1.51. The van der Waals surface area contributed by atoms with E-state index >= 15 is 0 Å². The van der Waals surface area contributed by atoms with E-state index in [0.29, 0.717) is 17.2 Å². The van der Waals surface area contributed by atoms with Gasteiger partial charge in [-0.15, -0.1) is 0 Å². The lowest BCUT2D eigenvalue weighted by atomic mass is 9.94. The van der Waals surface area contributed by atoms with Crippen LogP contribution >= 0.6 is 0 Å². The van der Waals surface area contributed by atoms with Gasteiger partial charge in [-0.2, -0.15) is 0 Å². The van der Waals surface area contributed by atoms with Gasteiger partial charge in [0.1, 0.15) is 11.5 Å². The molecule has 2 aromatic rings. The topological polar surface area (TPSA) is 65.9 Å². The van der Waals surface area contributed by atoms with E-state index in [1.807, 2.05) is 29.4 Å². The number of fused-ring (bicyclic) bond motifs is 4. The second-order valence-electron chi connectivity index (χ2n) is 7.49. The van der Waals surface area contributed by atoms with E-state index in [4.69, 9.17) is 4.74 Å². The summed E-state index contributed by atoms with van der Waals surface area (Å²) in [5.74, 6) is 0.906. The van der Waals surface area contributed by atoms with Crippen molar-refractivity contribution >= 4 is 5.91 Å². The maximum Gasteiger partial charge on any atom is 0.257 e. The number of phenols is 1. The SMILES string of the molecule is COc1ccc(C(=O)N2C[C@H]3CC[C@@H]2CN(Cc2ccncc2)C3)c(O)c1. The quantitative estimate of drug-likeness (QED) is 0.900. The molecule has 4 heterocycles. The lowest BCUT2D eigenvalue weighted by molar-refractivity contribution is 0.0582. The van der Waals surface area contributed by atoms with Gasteiger partial charge in [0.05, 0.1) is 12.7 Å². The highest BCUT2D eigenvalue weighted by Gasteiger charge is 2.38. The molecule has 1 aromatic heterocycles. The Bertz CT molecular complexity index is 812. The second kappa shape index (κ2) is 7.56. The number of ether oxygens (including phenoxy) is 1. The number of piperidine rings is 1. The fourth-order valence-electron chi connectivity index (χ4n) is 4.28. The Morgan fingerprint density at radius 1 is 1.19 bits per heavy atom. The number of aromatic hydroxyl groups is 1. The molecule has 3 fully saturated rings. The average Bonchev–Trinajstić information content (AvgIpc) is 2.98. The fraction of sp³-hybridized carbons (Fsp3) is 0.429. The van der Waals surface area contributed by atoms with E-state index in [-0.39, 0.29) is 17.7 Å². The van der Waals surface area contributed by atoms with Crippen LogP contribution in [0.2, 0.25) is 0 Å². The van der Waals surface area contributed by atoms with Crippen molar-refractivity contribution in [3.63, 3.8) is 0 Å². The van der Waals surface area contributed by atoms with Crippen molar-refractivity contribution in [1.29, 1.82) is 0 Å². The zero-order valence-electron chi connectivity index (χ0n) is 15.5. The molecule has 3 saturated heterocycles. The van der Waals surface area contributed by atoms with Crippen LogP contribution in [0.15, 0.2) is 42.7 Å². The zero-order valence-corrected chi connectivity index (χ0v) is 15.5. The Morgan fingerprint density at radius 2 is 2.00 bits per heavy atom. The van der Waals surface area contributed by atoms with Crippen LogP contribution in [-0.4, -0.2) is 58.6 Å². The number of nitrogens with zero attached hydrogens (tertiary/aromatic N) is 3. The summed E-state index contributed by atoms with van der Waals surface area (Å²) in [6.45, 7) is 3.49. The van der Waals surface area contributed by atoms with Crippen LogP contribution in [0.25, 0.3) is 0 Å². The predicted molar refractivity (Wildman–Crippen MR) is 102 cm³/mol. The summed E-state index contributed by atoms with van der Waals surface area (Å²) < 4.78 is 5.12. The van der Waals surface area contributed by atoms with Gasteiger partial charge >= 0.3 is 0 Å². The predicted octanol–water partition coefficient (Wildman–Crippen LogP) is 2.53. The van der Waals surface area contributed by atoms with E-state index in [2.05, 4.69) is 9.88 Å². The third-order valence-electron chi connectivity index (χ3n) is 5.64. The van der Waals surface area contributed by atoms with Crippen molar-refractivity contribution in [2.24, 2.45) is 5.92 Å². The van der Waals surface area contributed by atoms with Crippen LogP contribution in [0, 0.1) is 5.92 Å². The highest BCUT2D eigenvalue weighted by atomic mass is 16.5. The first-order valence-electron chi connectivity index (χ1n) is 9.43. The molecular weight excluding hydrogens is 342 g/mol. The number of methoxy groups -OCH3 is 1. The number of carbonyl (C=O) groups is 1. The first kappa shape index (κ1) is 17.8. The molecule has 0 unspecified atom stereocenters. The van der Waals surface area contributed by atoms with Crippen LogP contribution in [0.1, 0.15) is 28.8 Å². The van der Waals surface area contributed by atoms with Crippen molar-refractivity contribution in [3.05, 3.63) is 53.9 Å². The molecule has 2 atom stereocenters. The van der Waals surface area contributed by atoms with E-state index in [1.165, 1.54) is 11.6 Å². The number of amides is 1. The molecule has 1 amide bonds. The number of hydrogen-bond acceptors (Lipinski definition) is 5. The van der Waals surface area contributed by atoms with Gasteiger partial charge in [0, 0.05) is 50.7 Å². The maximum atomic E-state index is 13.1. The lowest BCUT2D eigenvalue weighted by Gasteiger charge is -2.36. The van der Waals surface area contributed by atoms with Crippen molar-refractivity contribution in [3.8, 4) is 11.5 Å². The van der Waals surface area contributed by atoms with Gasteiger partial charge in [0.2, 0.25) is 0 Å². The standard InChI is InChI=1S/C21H25N3O3/c1-27-18-4-5-19(20(25)10-18)21(26)24-13-16-2-3-17(24)14-23(12-16)11-15-6-8-22-9-7-15/h4-10,16-17,25H,2-3,11-14H2,1H3/t16-,17+/m0/s1. The van der Waals surface area contributed by atoms with Crippen molar-refractivity contribution in [2.45, 2.75) is 25.4 Å². The van der Waals surface area contributed by atoms with Crippen LogP contribution < -0.4 is 4.74 Å². The van der Waals surface area contributed by atoms with E-state index in [1.54, 1.807) is 19.2 Å². The van der Waals surface area contributed by atoms with Gasteiger partial charge in [0.15, 0.2) is 0 Å². The summed E-state index contributed by atoms with van der Waals surface area (Å²) in [6, 6.07) is 9.15. The van der Waals surface area contributed by atoms with Crippen LogP contribution in [0.4, 0.5) is 0 Å². The third-order valence-corrected chi connectivity index (χ3v) is 5.64. The molecule has 1 N–H and O–H groups in total. The Labute approximate surface area is 159 Å².